The van der Waals surface area contributed by atoms with Gasteiger partial charge in [-0.05, 0) is 29.0 Å². The van der Waals surface area contributed by atoms with E-state index in [2.05, 4.69) is 11.4 Å². The van der Waals surface area contributed by atoms with Crippen molar-refractivity contribution in [2.24, 2.45) is 0 Å². The molecule has 0 heterocycles. The van der Waals surface area contributed by atoms with E-state index in [0.717, 1.165) is 10.8 Å². The van der Waals surface area contributed by atoms with Crippen LogP contribution in [0.4, 0.5) is 5.69 Å². The molecule has 0 aromatic heterocycles. The molecule has 0 spiro atoms. The highest BCUT2D eigenvalue weighted by Gasteiger charge is 2.12. The molecule has 0 aliphatic rings. The number of nitrogens with one attached hydrogen (secondary N) is 1. The number of rotatable bonds is 2. The third-order valence-electron chi connectivity index (χ3n) is 3.05. The van der Waals surface area contributed by atoms with Crippen molar-refractivity contribution in [3.63, 3.8) is 0 Å². The second kappa shape index (κ2) is 5.05. The smallest absolute Gasteiger partial charge is 0.259 e. The topological polar surface area (TPSA) is 49.3 Å². The zero-order valence-electron chi connectivity index (χ0n) is 10.6. The average Bonchev–Trinajstić information content (AvgIpc) is 2.47. The van der Waals surface area contributed by atoms with Gasteiger partial charge in [0.05, 0.1) is 5.56 Å². The largest absolute Gasteiger partial charge is 0.506 e. The summed E-state index contributed by atoms with van der Waals surface area (Å²) in [6.45, 7) is 0. The van der Waals surface area contributed by atoms with E-state index >= 15 is 0 Å². The van der Waals surface area contributed by atoms with E-state index in [9.17, 15) is 9.90 Å². The maximum absolute atomic E-state index is 12.2. The molecule has 1 radical (unpaired) electrons. The standard InChI is InChI=1S/C17H12NO2/c19-16-11-13-7-5-4-6-12(13)10-15(16)17(20)18-14-8-2-1-3-9-14/h1-10,19H,(H,18,20). The van der Waals surface area contributed by atoms with Gasteiger partial charge in [0.25, 0.3) is 5.91 Å². The van der Waals surface area contributed by atoms with Gasteiger partial charge in [0.15, 0.2) is 0 Å². The van der Waals surface area contributed by atoms with Crippen molar-refractivity contribution in [2.45, 2.75) is 0 Å². The van der Waals surface area contributed by atoms with Gasteiger partial charge < -0.3 is 10.4 Å². The number of phenolic OH excluding ortho intramolecular Hbond substituents is 1. The van der Waals surface area contributed by atoms with Gasteiger partial charge in [-0.1, -0.05) is 42.5 Å². The summed E-state index contributed by atoms with van der Waals surface area (Å²) in [4.78, 5) is 12.2. The first-order valence-corrected chi connectivity index (χ1v) is 6.24. The Bertz CT molecular complexity index is 766. The van der Waals surface area contributed by atoms with Gasteiger partial charge in [0.2, 0.25) is 0 Å². The van der Waals surface area contributed by atoms with Crippen LogP contribution < -0.4 is 5.32 Å². The van der Waals surface area contributed by atoms with Crippen LogP contribution in [0.3, 0.4) is 0 Å². The lowest BCUT2D eigenvalue weighted by Gasteiger charge is -2.08. The van der Waals surface area contributed by atoms with E-state index in [1.165, 1.54) is 0 Å². The molecule has 0 aliphatic heterocycles. The molecule has 0 aliphatic carbocycles. The lowest BCUT2D eigenvalue weighted by atomic mass is 10.1. The van der Waals surface area contributed by atoms with Crippen molar-refractivity contribution in [1.82, 2.24) is 0 Å². The van der Waals surface area contributed by atoms with Gasteiger partial charge in [-0.2, -0.15) is 0 Å². The van der Waals surface area contributed by atoms with E-state index in [1.54, 1.807) is 18.2 Å². The number of fused-ring (bicyclic) bond motifs is 1. The van der Waals surface area contributed by atoms with E-state index in [-0.39, 0.29) is 17.2 Å². The Morgan fingerprint density at radius 3 is 2.50 bits per heavy atom. The van der Waals surface area contributed by atoms with E-state index in [1.807, 2.05) is 42.5 Å². The van der Waals surface area contributed by atoms with Crippen LogP contribution in [0.1, 0.15) is 10.4 Å². The number of benzene rings is 3. The van der Waals surface area contributed by atoms with Crippen LogP contribution in [0.15, 0.2) is 60.7 Å². The quantitative estimate of drug-likeness (QED) is 0.741. The fourth-order valence-corrected chi connectivity index (χ4v) is 2.05. The van der Waals surface area contributed by atoms with Crippen LogP contribution in [-0.2, 0) is 0 Å². The minimum Gasteiger partial charge on any atom is -0.506 e. The predicted molar refractivity (Wildman–Crippen MR) is 78.8 cm³/mol. The summed E-state index contributed by atoms with van der Waals surface area (Å²) < 4.78 is 0. The Morgan fingerprint density at radius 2 is 1.70 bits per heavy atom. The van der Waals surface area contributed by atoms with Crippen LogP contribution in [0, 0.1) is 6.07 Å². The second-order valence-corrected chi connectivity index (χ2v) is 4.44. The number of carbonyl (C=O) groups excluding carboxylic acids is 1. The zero-order valence-corrected chi connectivity index (χ0v) is 10.6. The molecule has 0 fully saturated rings. The number of para-hydroxylation sites is 1. The van der Waals surface area contributed by atoms with E-state index in [0.29, 0.717) is 5.69 Å². The molecule has 3 heteroatoms. The summed E-state index contributed by atoms with van der Waals surface area (Å²) in [7, 11) is 0. The lowest BCUT2D eigenvalue weighted by molar-refractivity contribution is 0.102. The van der Waals surface area contributed by atoms with Gasteiger partial charge in [0, 0.05) is 11.8 Å². The van der Waals surface area contributed by atoms with Crippen molar-refractivity contribution in [3.05, 3.63) is 72.3 Å². The molecule has 0 saturated carbocycles. The number of amides is 1. The molecule has 0 unspecified atom stereocenters. The van der Waals surface area contributed by atoms with Crippen LogP contribution in [0.25, 0.3) is 10.8 Å². The number of carbonyl (C=O) groups is 1. The lowest BCUT2D eigenvalue weighted by Crippen LogP contribution is -2.12. The van der Waals surface area contributed by atoms with Gasteiger partial charge in [-0.3, -0.25) is 4.79 Å². The molecule has 3 rings (SSSR count). The first kappa shape index (κ1) is 12.2. The Balaban J connectivity index is 1.97. The molecule has 97 valence electrons. The van der Waals surface area contributed by atoms with Gasteiger partial charge >= 0.3 is 0 Å². The fourth-order valence-electron chi connectivity index (χ4n) is 2.05. The number of hydrogen-bond donors (Lipinski definition) is 2. The van der Waals surface area contributed by atoms with Crippen LogP contribution in [-0.4, -0.2) is 11.0 Å². The third-order valence-corrected chi connectivity index (χ3v) is 3.05. The van der Waals surface area contributed by atoms with Crippen LogP contribution in [0.2, 0.25) is 0 Å². The molecule has 2 N–H and O–H groups in total. The molecule has 3 aromatic carbocycles. The number of aromatic hydroxyl groups is 1. The summed E-state index contributed by atoms with van der Waals surface area (Å²) in [6, 6.07) is 21.1. The highest BCUT2D eigenvalue weighted by Crippen LogP contribution is 2.25. The average molecular weight is 262 g/mol. The van der Waals surface area contributed by atoms with E-state index < -0.39 is 0 Å². The summed E-state index contributed by atoms with van der Waals surface area (Å²) in [5, 5.41) is 14.3. The SMILES string of the molecule is O=C(Nc1ccccc1)c1cc2ccccc2[c]c1O. The second-order valence-electron chi connectivity index (χ2n) is 4.44. The van der Waals surface area contributed by atoms with Crippen molar-refractivity contribution in [2.75, 3.05) is 5.32 Å². The Hall–Kier alpha value is -2.81. The van der Waals surface area contributed by atoms with Gasteiger partial charge in [-0.15, -0.1) is 0 Å². The molecule has 0 atom stereocenters. The first-order valence-electron chi connectivity index (χ1n) is 6.24. The van der Waals surface area contributed by atoms with Gasteiger partial charge in [-0.25, -0.2) is 0 Å². The molecule has 1 amide bonds. The predicted octanol–water partition coefficient (Wildman–Crippen LogP) is 3.60. The molecule has 0 bridgehead atoms. The Kier molecular flexibility index (Phi) is 3.09. The molecular formula is C17H12NO2. The van der Waals surface area contributed by atoms with Crippen LogP contribution in [0.5, 0.6) is 5.75 Å². The van der Waals surface area contributed by atoms with E-state index in [4.69, 9.17) is 0 Å². The number of phenols is 1. The first-order chi connectivity index (χ1) is 9.74. The molecule has 20 heavy (non-hydrogen) atoms. The van der Waals surface area contributed by atoms with Crippen molar-refractivity contribution < 1.29 is 9.90 Å². The minimum absolute atomic E-state index is 0.142. The summed E-state index contributed by atoms with van der Waals surface area (Å²) in [5.41, 5.74) is 0.901. The monoisotopic (exact) mass is 262 g/mol. The zero-order chi connectivity index (χ0) is 13.9. The van der Waals surface area contributed by atoms with Crippen molar-refractivity contribution >= 4 is 22.4 Å². The van der Waals surface area contributed by atoms with Gasteiger partial charge in [0.1, 0.15) is 5.75 Å². The normalized spacial score (nSPS) is 10.4. The Morgan fingerprint density at radius 1 is 1.00 bits per heavy atom. The third kappa shape index (κ3) is 2.34. The maximum Gasteiger partial charge on any atom is 0.259 e. The maximum atomic E-state index is 12.2. The summed E-state index contributed by atoms with van der Waals surface area (Å²) >= 11 is 0. The number of anilines is 1. The molecule has 3 aromatic rings. The fraction of sp³-hybridized carbons (Fsp3) is 0. The van der Waals surface area contributed by atoms with Crippen LogP contribution >= 0.6 is 0 Å². The van der Waals surface area contributed by atoms with Crippen molar-refractivity contribution in [3.8, 4) is 5.75 Å². The Labute approximate surface area is 116 Å². The summed E-state index contributed by atoms with van der Waals surface area (Å²) in [5.74, 6) is -0.493. The highest BCUT2D eigenvalue weighted by atomic mass is 16.3. The molecule has 3 nitrogen and oxygen atoms in total. The molecule has 0 saturated heterocycles. The highest BCUT2D eigenvalue weighted by molar-refractivity contribution is 6.08. The molecular weight excluding hydrogens is 250 g/mol. The number of hydrogen-bond acceptors (Lipinski definition) is 2. The van der Waals surface area contributed by atoms with Crippen molar-refractivity contribution in [1.29, 1.82) is 0 Å². The summed E-state index contributed by atoms with van der Waals surface area (Å²) in [6.07, 6.45) is 0. The minimum atomic E-state index is -0.351.